The highest BCUT2D eigenvalue weighted by atomic mass is 79.9. The monoisotopic (exact) mass is 371 g/mol. The number of ether oxygens (including phenoxy) is 3. The molecule has 0 spiro atoms. The summed E-state index contributed by atoms with van der Waals surface area (Å²) in [6, 6.07) is 5.97. The molecule has 1 N–H and O–H groups in total. The van der Waals surface area contributed by atoms with Crippen LogP contribution in [0.5, 0.6) is 11.5 Å². The fourth-order valence-corrected chi connectivity index (χ4v) is 3.01. The van der Waals surface area contributed by atoms with Gasteiger partial charge in [0, 0.05) is 25.2 Å². The lowest BCUT2D eigenvalue weighted by Gasteiger charge is -2.38. The summed E-state index contributed by atoms with van der Waals surface area (Å²) < 4.78 is 16.2. The van der Waals surface area contributed by atoms with E-state index < -0.39 is 0 Å². The van der Waals surface area contributed by atoms with Gasteiger partial charge >= 0.3 is 0 Å². The van der Waals surface area contributed by atoms with Gasteiger partial charge in [-0.05, 0) is 30.5 Å². The summed E-state index contributed by atoms with van der Waals surface area (Å²) in [4.78, 5) is 11.6. The Morgan fingerprint density at radius 2 is 1.95 bits per heavy atom. The van der Waals surface area contributed by atoms with Crippen LogP contribution in [0.25, 0.3) is 0 Å². The van der Waals surface area contributed by atoms with E-state index >= 15 is 0 Å². The van der Waals surface area contributed by atoms with Crippen LogP contribution >= 0.6 is 15.9 Å². The zero-order valence-corrected chi connectivity index (χ0v) is 14.6. The van der Waals surface area contributed by atoms with Crippen LogP contribution in [-0.4, -0.2) is 45.2 Å². The highest BCUT2D eigenvalue weighted by Crippen LogP contribution is 2.38. The van der Waals surface area contributed by atoms with Gasteiger partial charge in [0.2, 0.25) is 5.91 Å². The lowest BCUT2D eigenvalue weighted by Crippen LogP contribution is -2.44. The molecule has 1 aromatic carbocycles. The first-order chi connectivity index (χ1) is 10.6. The molecule has 0 saturated carbocycles. The van der Waals surface area contributed by atoms with Crippen LogP contribution < -0.4 is 14.8 Å². The molecule has 1 aliphatic rings. The van der Waals surface area contributed by atoms with Crippen LogP contribution in [0.15, 0.2) is 18.2 Å². The number of halogens is 1. The van der Waals surface area contributed by atoms with Gasteiger partial charge in [-0.25, -0.2) is 0 Å². The maximum Gasteiger partial charge on any atom is 0.230 e. The second kappa shape index (κ2) is 7.83. The van der Waals surface area contributed by atoms with Crippen molar-refractivity contribution in [3.63, 3.8) is 0 Å². The zero-order valence-electron chi connectivity index (χ0n) is 13.0. The molecule has 1 amide bonds. The molecule has 0 aromatic heterocycles. The van der Waals surface area contributed by atoms with Gasteiger partial charge in [0.1, 0.15) is 0 Å². The van der Waals surface area contributed by atoms with Gasteiger partial charge in [-0.15, -0.1) is 0 Å². The number of alkyl halides is 1. The molecule has 2 rings (SSSR count). The lowest BCUT2D eigenvalue weighted by molar-refractivity contribution is -0.119. The van der Waals surface area contributed by atoms with Crippen molar-refractivity contribution in [3.8, 4) is 11.5 Å². The first-order valence-electron chi connectivity index (χ1n) is 7.28. The number of benzene rings is 1. The quantitative estimate of drug-likeness (QED) is 0.779. The van der Waals surface area contributed by atoms with Crippen LogP contribution in [0.3, 0.4) is 0 Å². The number of rotatable bonds is 6. The number of carbonyl (C=O) groups is 1. The molecular formula is C16H22BrNO4. The van der Waals surface area contributed by atoms with E-state index in [9.17, 15) is 4.79 Å². The summed E-state index contributed by atoms with van der Waals surface area (Å²) in [6.45, 7) is 1.98. The number of amides is 1. The molecule has 1 aromatic rings. The fraction of sp³-hybridized carbons (Fsp3) is 0.562. The Morgan fingerprint density at radius 3 is 2.55 bits per heavy atom. The number of hydrogen-bond donors (Lipinski definition) is 1. The standard InChI is InChI=1S/C16H22BrNO4/c1-20-13-4-3-12(9-14(13)21-2)16(5-7-22-8-6-16)11-18-15(19)10-17/h3-4,9H,5-8,10-11H2,1-2H3,(H,18,19). The Bertz CT molecular complexity index is 515. The zero-order chi connectivity index (χ0) is 16.0. The second-order valence-electron chi connectivity index (χ2n) is 5.37. The van der Waals surface area contributed by atoms with Crippen molar-refractivity contribution in [2.45, 2.75) is 18.3 Å². The van der Waals surface area contributed by atoms with Crippen LogP contribution in [0.2, 0.25) is 0 Å². The Kier molecular flexibility index (Phi) is 6.08. The average Bonchev–Trinajstić information content (AvgIpc) is 2.59. The normalized spacial score (nSPS) is 16.9. The molecule has 22 heavy (non-hydrogen) atoms. The summed E-state index contributed by atoms with van der Waals surface area (Å²) in [7, 11) is 3.25. The van der Waals surface area contributed by atoms with Gasteiger partial charge in [0.25, 0.3) is 0 Å². The van der Waals surface area contributed by atoms with Gasteiger partial charge in [0.05, 0.1) is 19.5 Å². The Morgan fingerprint density at radius 1 is 1.27 bits per heavy atom. The predicted octanol–water partition coefficient (Wildman–Crippen LogP) is 2.26. The summed E-state index contributed by atoms with van der Waals surface area (Å²) in [6.07, 6.45) is 1.73. The first kappa shape index (κ1) is 17.1. The predicted molar refractivity (Wildman–Crippen MR) is 88.1 cm³/mol. The van der Waals surface area contributed by atoms with Gasteiger partial charge in [-0.2, -0.15) is 0 Å². The van der Waals surface area contributed by atoms with Crippen molar-refractivity contribution in [1.82, 2.24) is 5.32 Å². The molecule has 1 heterocycles. The molecule has 0 radical (unpaired) electrons. The summed E-state index contributed by atoms with van der Waals surface area (Å²) in [5.74, 6) is 1.40. The van der Waals surface area contributed by atoms with Crippen molar-refractivity contribution in [1.29, 1.82) is 0 Å². The molecule has 1 aliphatic heterocycles. The van der Waals surface area contributed by atoms with Gasteiger partial charge < -0.3 is 19.5 Å². The summed E-state index contributed by atoms with van der Waals surface area (Å²) in [5, 5.41) is 3.31. The Balaban J connectivity index is 2.30. The topological polar surface area (TPSA) is 56.8 Å². The maximum absolute atomic E-state index is 11.6. The number of nitrogens with one attached hydrogen (secondary N) is 1. The van der Waals surface area contributed by atoms with Crippen molar-refractivity contribution >= 4 is 21.8 Å². The average molecular weight is 372 g/mol. The third-order valence-corrected chi connectivity index (χ3v) is 4.70. The third kappa shape index (κ3) is 3.73. The summed E-state index contributed by atoms with van der Waals surface area (Å²) in [5.41, 5.74) is 1.01. The molecular weight excluding hydrogens is 350 g/mol. The van der Waals surface area contributed by atoms with E-state index in [1.54, 1.807) is 14.2 Å². The van der Waals surface area contributed by atoms with Crippen molar-refractivity contribution in [3.05, 3.63) is 23.8 Å². The van der Waals surface area contributed by atoms with E-state index in [0.29, 0.717) is 36.6 Å². The Hall–Kier alpha value is -1.27. The minimum absolute atomic E-state index is 0.00802. The van der Waals surface area contributed by atoms with E-state index in [0.717, 1.165) is 18.4 Å². The van der Waals surface area contributed by atoms with Crippen molar-refractivity contribution in [2.24, 2.45) is 0 Å². The smallest absolute Gasteiger partial charge is 0.230 e. The fourth-order valence-electron chi connectivity index (χ4n) is 2.81. The first-order valence-corrected chi connectivity index (χ1v) is 8.40. The summed E-state index contributed by atoms with van der Waals surface area (Å²) >= 11 is 3.18. The van der Waals surface area contributed by atoms with Gasteiger partial charge in [-0.1, -0.05) is 22.0 Å². The number of methoxy groups -OCH3 is 2. The van der Waals surface area contributed by atoms with Crippen LogP contribution in [0, 0.1) is 0 Å². The third-order valence-electron chi connectivity index (χ3n) is 4.19. The number of carbonyl (C=O) groups excluding carboxylic acids is 1. The van der Waals surface area contributed by atoms with E-state index in [2.05, 4.69) is 21.2 Å². The van der Waals surface area contributed by atoms with E-state index in [1.165, 1.54) is 0 Å². The van der Waals surface area contributed by atoms with Gasteiger partial charge in [0.15, 0.2) is 11.5 Å². The Labute approximate surface area is 139 Å². The molecule has 6 heteroatoms. The molecule has 122 valence electrons. The molecule has 0 aliphatic carbocycles. The molecule has 5 nitrogen and oxygen atoms in total. The maximum atomic E-state index is 11.6. The SMILES string of the molecule is COc1ccc(C2(CNC(=O)CBr)CCOCC2)cc1OC. The highest BCUT2D eigenvalue weighted by Gasteiger charge is 2.35. The van der Waals surface area contributed by atoms with Crippen LogP contribution in [-0.2, 0) is 14.9 Å². The minimum Gasteiger partial charge on any atom is -0.493 e. The van der Waals surface area contributed by atoms with E-state index in [4.69, 9.17) is 14.2 Å². The van der Waals surface area contributed by atoms with E-state index in [1.807, 2.05) is 18.2 Å². The minimum atomic E-state index is -0.129. The molecule has 0 bridgehead atoms. The van der Waals surface area contributed by atoms with Crippen molar-refractivity contribution in [2.75, 3.05) is 39.3 Å². The van der Waals surface area contributed by atoms with E-state index in [-0.39, 0.29) is 11.3 Å². The van der Waals surface area contributed by atoms with Crippen LogP contribution in [0.1, 0.15) is 18.4 Å². The molecule has 0 unspecified atom stereocenters. The van der Waals surface area contributed by atoms with Crippen molar-refractivity contribution < 1.29 is 19.0 Å². The van der Waals surface area contributed by atoms with Gasteiger partial charge in [-0.3, -0.25) is 4.79 Å². The molecule has 1 saturated heterocycles. The number of hydrogen-bond acceptors (Lipinski definition) is 4. The molecule has 0 atom stereocenters. The largest absolute Gasteiger partial charge is 0.493 e. The van der Waals surface area contributed by atoms with Crippen LogP contribution in [0.4, 0.5) is 0 Å². The molecule has 1 fully saturated rings. The second-order valence-corrected chi connectivity index (χ2v) is 5.93. The lowest BCUT2D eigenvalue weighted by atomic mass is 9.74. The highest BCUT2D eigenvalue weighted by molar-refractivity contribution is 9.09.